The third kappa shape index (κ3) is 2.77. The highest BCUT2D eigenvalue weighted by atomic mass is 79.9. The van der Waals surface area contributed by atoms with E-state index < -0.39 is 22.9 Å². The monoisotopic (exact) mass is 314 g/mol. The van der Waals surface area contributed by atoms with Crippen molar-refractivity contribution in [2.75, 3.05) is 0 Å². The van der Waals surface area contributed by atoms with Gasteiger partial charge in [0.2, 0.25) is 0 Å². The van der Waals surface area contributed by atoms with Gasteiger partial charge >= 0.3 is 6.18 Å². The number of ketones is 1. The van der Waals surface area contributed by atoms with Crippen LogP contribution in [0.5, 0.6) is 0 Å². The fraction of sp³-hybridized carbons (Fsp3) is 0.300. The van der Waals surface area contributed by atoms with Crippen molar-refractivity contribution >= 4 is 33.3 Å². The number of Topliss-reactive ketones (excluding diaryl/α,β-unsaturated/α-hetero) is 1. The molecule has 0 N–H and O–H groups in total. The summed E-state index contributed by atoms with van der Waals surface area (Å²) in [5, 5.41) is -1.30. The summed E-state index contributed by atoms with van der Waals surface area (Å²) in [4.78, 5) is 11.1. The smallest absolute Gasteiger partial charge is 0.298 e. The molecule has 1 unspecified atom stereocenters. The van der Waals surface area contributed by atoms with Crippen LogP contribution >= 0.6 is 27.5 Å². The molecule has 1 atom stereocenters. The van der Waals surface area contributed by atoms with Crippen molar-refractivity contribution in [3.05, 3.63) is 33.8 Å². The van der Waals surface area contributed by atoms with E-state index in [9.17, 15) is 18.0 Å². The zero-order valence-electron chi connectivity index (χ0n) is 8.11. The molecule has 16 heavy (non-hydrogen) atoms. The van der Waals surface area contributed by atoms with Gasteiger partial charge in [-0.2, -0.15) is 13.2 Å². The lowest BCUT2D eigenvalue weighted by Gasteiger charge is -2.16. The molecule has 1 rings (SSSR count). The van der Waals surface area contributed by atoms with Crippen molar-refractivity contribution in [1.82, 2.24) is 0 Å². The molecule has 0 saturated heterocycles. The van der Waals surface area contributed by atoms with E-state index in [4.69, 9.17) is 11.6 Å². The largest absolute Gasteiger partial charge is 0.416 e. The van der Waals surface area contributed by atoms with Crippen LogP contribution < -0.4 is 0 Å². The summed E-state index contributed by atoms with van der Waals surface area (Å²) >= 11 is 8.65. The molecule has 1 nitrogen and oxygen atoms in total. The molecule has 0 saturated carbocycles. The SMILES string of the molecule is CC(=O)C(Cl)c1c(Br)cccc1C(F)(F)F. The molecule has 0 aliphatic heterocycles. The average molecular weight is 316 g/mol. The molecule has 1 aromatic carbocycles. The number of hydrogen-bond donors (Lipinski definition) is 0. The Hall–Kier alpha value is -0.550. The summed E-state index contributed by atoms with van der Waals surface area (Å²) in [7, 11) is 0. The van der Waals surface area contributed by atoms with E-state index in [1.165, 1.54) is 12.1 Å². The van der Waals surface area contributed by atoms with Gasteiger partial charge in [0.25, 0.3) is 0 Å². The minimum Gasteiger partial charge on any atom is -0.298 e. The molecule has 0 amide bonds. The number of halogens is 5. The normalized spacial score (nSPS) is 13.6. The average Bonchev–Trinajstić information content (AvgIpc) is 2.14. The van der Waals surface area contributed by atoms with Gasteiger partial charge in [-0.1, -0.05) is 22.0 Å². The lowest BCUT2D eigenvalue weighted by Crippen LogP contribution is -2.13. The van der Waals surface area contributed by atoms with Gasteiger partial charge < -0.3 is 0 Å². The Morgan fingerprint density at radius 2 is 2.00 bits per heavy atom. The highest BCUT2D eigenvalue weighted by Crippen LogP contribution is 2.40. The second-order valence-corrected chi connectivity index (χ2v) is 4.46. The van der Waals surface area contributed by atoms with Crippen molar-refractivity contribution in [1.29, 1.82) is 0 Å². The Labute approximate surface area is 104 Å². The van der Waals surface area contributed by atoms with Gasteiger partial charge in [0.1, 0.15) is 5.38 Å². The maximum atomic E-state index is 12.7. The third-order valence-corrected chi connectivity index (χ3v) is 3.19. The third-order valence-electron chi connectivity index (χ3n) is 1.97. The Kier molecular flexibility index (Phi) is 4.02. The lowest BCUT2D eigenvalue weighted by atomic mass is 10.0. The van der Waals surface area contributed by atoms with Gasteiger partial charge in [0.15, 0.2) is 5.78 Å². The van der Waals surface area contributed by atoms with Crippen LogP contribution in [0.2, 0.25) is 0 Å². The summed E-state index contributed by atoms with van der Waals surface area (Å²) in [5.74, 6) is -0.529. The van der Waals surface area contributed by atoms with Crippen molar-refractivity contribution < 1.29 is 18.0 Å². The van der Waals surface area contributed by atoms with Crippen LogP contribution in [0.1, 0.15) is 23.4 Å². The predicted octanol–water partition coefficient (Wildman–Crippen LogP) is 4.34. The van der Waals surface area contributed by atoms with E-state index >= 15 is 0 Å². The lowest BCUT2D eigenvalue weighted by molar-refractivity contribution is -0.138. The highest BCUT2D eigenvalue weighted by molar-refractivity contribution is 9.10. The minimum absolute atomic E-state index is 0.178. The first-order valence-corrected chi connectivity index (χ1v) is 5.48. The van der Waals surface area contributed by atoms with Crippen LogP contribution in [0.25, 0.3) is 0 Å². The fourth-order valence-electron chi connectivity index (χ4n) is 1.25. The molecule has 0 bridgehead atoms. The molecule has 0 spiro atoms. The number of carbonyl (C=O) groups is 1. The van der Waals surface area contributed by atoms with E-state index in [0.29, 0.717) is 0 Å². The van der Waals surface area contributed by atoms with Crippen molar-refractivity contribution in [2.24, 2.45) is 0 Å². The highest BCUT2D eigenvalue weighted by Gasteiger charge is 2.36. The van der Waals surface area contributed by atoms with Crippen LogP contribution in [0, 0.1) is 0 Å². The van der Waals surface area contributed by atoms with E-state index in [0.717, 1.165) is 13.0 Å². The fourth-order valence-corrected chi connectivity index (χ4v) is 2.21. The van der Waals surface area contributed by atoms with Crippen molar-refractivity contribution in [3.63, 3.8) is 0 Å². The summed E-state index contributed by atoms with van der Waals surface area (Å²) in [6.07, 6.45) is -4.53. The number of carbonyl (C=O) groups excluding carboxylic acids is 1. The molecule has 6 heteroatoms. The second-order valence-electron chi connectivity index (χ2n) is 3.17. The first-order valence-electron chi connectivity index (χ1n) is 4.25. The first-order chi connectivity index (χ1) is 7.25. The van der Waals surface area contributed by atoms with Gasteiger partial charge in [-0.25, -0.2) is 0 Å². The molecule has 0 radical (unpaired) electrons. The van der Waals surface area contributed by atoms with Gasteiger partial charge in [0.05, 0.1) is 5.56 Å². The minimum atomic E-state index is -4.53. The van der Waals surface area contributed by atoms with Gasteiger partial charge in [-0.15, -0.1) is 11.6 Å². The Morgan fingerprint density at radius 3 is 2.44 bits per heavy atom. The van der Waals surface area contributed by atoms with E-state index in [-0.39, 0.29) is 10.0 Å². The number of benzene rings is 1. The predicted molar refractivity (Wildman–Crippen MR) is 58.4 cm³/mol. The van der Waals surface area contributed by atoms with Crippen molar-refractivity contribution in [3.8, 4) is 0 Å². The Balaban J connectivity index is 3.41. The maximum absolute atomic E-state index is 12.7. The van der Waals surface area contributed by atoms with Gasteiger partial charge in [-0.05, 0) is 19.1 Å². The van der Waals surface area contributed by atoms with Crippen LogP contribution in [-0.2, 0) is 11.0 Å². The van der Waals surface area contributed by atoms with Gasteiger partial charge in [-0.3, -0.25) is 4.79 Å². The molecule has 0 aliphatic rings. The molecule has 1 aromatic rings. The standard InChI is InChI=1S/C10H7BrClF3O/c1-5(16)9(12)8-6(10(13,14)15)3-2-4-7(8)11/h2-4,9H,1H3. The zero-order chi connectivity index (χ0) is 12.5. The first kappa shape index (κ1) is 13.5. The van der Waals surface area contributed by atoms with Crippen LogP contribution in [0.4, 0.5) is 13.2 Å². The summed E-state index contributed by atoms with van der Waals surface area (Å²) in [5.41, 5.74) is -1.12. The molecule has 0 aliphatic carbocycles. The van der Waals surface area contributed by atoms with Crippen LogP contribution in [0.15, 0.2) is 22.7 Å². The molecular weight excluding hydrogens is 308 g/mol. The molecule has 0 aromatic heterocycles. The number of rotatable bonds is 2. The number of alkyl halides is 4. The van der Waals surface area contributed by atoms with Crippen molar-refractivity contribution in [2.45, 2.75) is 18.5 Å². The molecule has 0 fully saturated rings. The maximum Gasteiger partial charge on any atom is 0.416 e. The molecule has 88 valence electrons. The van der Waals surface area contributed by atoms with Gasteiger partial charge in [0, 0.05) is 10.0 Å². The second kappa shape index (κ2) is 4.75. The van der Waals surface area contributed by atoms with E-state index in [2.05, 4.69) is 15.9 Å². The molecular formula is C10H7BrClF3O. The summed E-state index contributed by atoms with van der Waals surface area (Å²) < 4.78 is 38.2. The zero-order valence-corrected chi connectivity index (χ0v) is 10.4. The number of hydrogen-bond acceptors (Lipinski definition) is 1. The summed E-state index contributed by atoms with van der Waals surface area (Å²) in [6, 6.07) is 3.57. The Morgan fingerprint density at radius 1 is 1.44 bits per heavy atom. The van der Waals surface area contributed by atoms with Crippen LogP contribution in [0.3, 0.4) is 0 Å². The topological polar surface area (TPSA) is 17.1 Å². The quantitative estimate of drug-likeness (QED) is 0.742. The van der Waals surface area contributed by atoms with E-state index in [1.54, 1.807) is 0 Å². The van der Waals surface area contributed by atoms with E-state index in [1.807, 2.05) is 0 Å². The summed E-state index contributed by atoms with van der Waals surface area (Å²) in [6.45, 7) is 1.15. The molecule has 0 heterocycles. The Bertz CT molecular complexity index is 417. The van der Waals surface area contributed by atoms with Crippen LogP contribution in [-0.4, -0.2) is 5.78 Å².